The van der Waals surface area contributed by atoms with Gasteiger partial charge in [0, 0.05) is 64.3 Å². The van der Waals surface area contributed by atoms with Gasteiger partial charge in [-0.1, -0.05) is 12.1 Å². The Labute approximate surface area is 204 Å². The molecule has 34 heavy (non-hydrogen) atoms. The number of nitrogens with one attached hydrogen (secondary N) is 1. The molecule has 0 aromatic carbocycles. The topological polar surface area (TPSA) is 103 Å². The van der Waals surface area contributed by atoms with E-state index in [0.717, 1.165) is 18.9 Å². The van der Waals surface area contributed by atoms with Gasteiger partial charge in [-0.25, -0.2) is 13.4 Å². The number of carbonyl (C=O) groups is 2. The number of nitrogens with zero attached hydrogens (tertiary/aromatic N) is 4. The molecule has 2 aliphatic rings. The van der Waals surface area contributed by atoms with E-state index in [0.29, 0.717) is 45.4 Å². The van der Waals surface area contributed by atoms with E-state index in [1.165, 1.54) is 15.6 Å². The number of aromatic nitrogens is 1. The van der Waals surface area contributed by atoms with E-state index >= 15 is 0 Å². The number of piperazine rings is 1. The van der Waals surface area contributed by atoms with Crippen LogP contribution in [0.15, 0.2) is 46.1 Å². The maximum atomic E-state index is 13.3. The Morgan fingerprint density at radius 3 is 2.56 bits per heavy atom. The zero-order valence-electron chi connectivity index (χ0n) is 19.1. The molecule has 0 aliphatic carbocycles. The highest BCUT2D eigenvalue weighted by molar-refractivity contribution is 7.91. The molecular weight excluding hydrogens is 474 g/mol. The normalized spacial score (nSPS) is 21.5. The Morgan fingerprint density at radius 2 is 1.85 bits per heavy atom. The number of amides is 2. The van der Waals surface area contributed by atoms with Gasteiger partial charge in [0.1, 0.15) is 10.0 Å². The third-order valence-electron chi connectivity index (χ3n) is 6.37. The largest absolute Gasteiger partial charge is 0.356 e. The van der Waals surface area contributed by atoms with Crippen LogP contribution in [0.2, 0.25) is 0 Å². The van der Waals surface area contributed by atoms with Crippen LogP contribution in [0.3, 0.4) is 0 Å². The minimum atomic E-state index is -3.65. The standard InChI is InChI=1S/C23H31N5O4S2/c29-21-9-13-28(34(31,32)22-7-4-18-33-22)12-3-5-19(8-11-25-21)23(30)27-16-14-26(15-17-27)20-6-1-2-10-24-20/h1-2,4,6-7,10,18-19H,3,5,8-9,11-17H2,(H,25,29). The van der Waals surface area contributed by atoms with Crippen molar-refractivity contribution in [2.45, 2.75) is 29.9 Å². The molecule has 1 unspecified atom stereocenters. The second-order valence-corrected chi connectivity index (χ2v) is 11.7. The van der Waals surface area contributed by atoms with Gasteiger partial charge in [-0.15, -0.1) is 11.3 Å². The third-order valence-corrected chi connectivity index (χ3v) is 9.64. The predicted molar refractivity (Wildman–Crippen MR) is 131 cm³/mol. The van der Waals surface area contributed by atoms with Crippen LogP contribution >= 0.6 is 11.3 Å². The van der Waals surface area contributed by atoms with E-state index in [-0.39, 0.29) is 34.9 Å². The Bertz CT molecular complexity index is 1050. The maximum Gasteiger partial charge on any atom is 0.252 e. The van der Waals surface area contributed by atoms with Crippen LogP contribution < -0.4 is 10.2 Å². The van der Waals surface area contributed by atoms with E-state index in [2.05, 4.69) is 15.2 Å². The number of rotatable bonds is 4. The average Bonchev–Trinajstić information content (AvgIpc) is 3.40. The molecule has 4 heterocycles. The van der Waals surface area contributed by atoms with Crippen LogP contribution in [0.25, 0.3) is 0 Å². The minimum Gasteiger partial charge on any atom is -0.356 e. The quantitative estimate of drug-likeness (QED) is 0.680. The van der Waals surface area contributed by atoms with Gasteiger partial charge in [-0.2, -0.15) is 4.31 Å². The van der Waals surface area contributed by atoms with Crippen LogP contribution in [-0.2, 0) is 19.6 Å². The predicted octanol–water partition coefficient (Wildman–Crippen LogP) is 1.79. The first-order valence-corrected chi connectivity index (χ1v) is 14.0. The fourth-order valence-corrected chi connectivity index (χ4v) is 7.07. The average molecular weight is 506 g/mol. The van der Waals surface area contributed by atoms with Gasteiger partial charge in [0.15, 0.2) is 0 Å². The Balaban J connectivity index is 1.38. The molecule has 1 N–H and O–H groups in total. The number of hydrogen-bond acceptors (Lipinski definition) is 7. The van der Waals surface area contributed by atoms with E-state index in [1.807, 2.05) is 23.1 Å². The second kappa shape index (κ2) is 11.3. The number of carbonyl (C=O) groups excluding carboxylic acids is 2. The fraction of sp³-hybridized carbons (Fsp3) is 0.522. The van der Waals surface area contributed by atoms with Gasteiger partial charge >= 0.3 is 0 Å². The van der Waals surface area contributed by atoms with Crippen molar-refractivity contribution >= 4 is 39.0 Å². The van der Waals surface area contributed by atoms with Crippen LogP contribution in [-0.4, -0.2) is 80.2 Å². The lowest BCUT2D eigenvalue weighted by atomic mass is 9.97. The third kappa shape index (κ3) is 5.94. The Morgan fingerprint density at radius 1 is 1.03 bits per heavy atom. The van der Waals surface area contributed by atoms with Gasteiger partial charge in [-0.05, 0) is 42.8 Å². The molecule has 184 valence electrons. The molecule has 2 aliphatic heterocycles. The summed E-state index contributed by atoms with van der Waals surface area (Å²) < 4.78 is 27.7. The molecular formula is C23H31N5O4S2. The number of sulfonamides is 1. The molecule has 11 heteroatoms. The van der Waals surface area contributed by atoms with Crippen LogP contribution in [0.5, 0.6) is 0 Å². The van der Waals surface area contributed by atoms with Crippen molar-refractivity contribution in [2.75, 3.05) is 50.7 Å². The zero-order valence-corrected chi connectivity index (χ0v) is 20.8. The monoisotopic (exact) mass is 505 g/mol. The first-order chi connectivity index (χ1) is 16.4. The highest BCUT2D eigenvalue weighted by Crippen LogP contribution is 2.24. The summed E-state index contributed by atoms with van der Waals surface area (Å²) in [5.41, 5.74) is 0. The summed E-state index contributed by atoms with van der Waals surface area (Å²) in [7, 11) is -3.65. The minimum absolute atomic E-state index is 0.0850. The molecule has 2 saturated heterocycles. The molecule has 1 atom stereocenters. The van der Waals surface area contributed by atoms with Crippen molar-refractivity contribution in [1.29, 1.82) is 0 Å². The van der Waals surface area contributed by atoms with Gasteiger partial charge in [0.2, 0.25) is 11.8 Å². The number of thiophene rings is 1. The second-order valence-electron chi connectivity index (χ2n) is 8.56. The zero-order chi connectivity index (χ0) is 24.0. The lowest BCUT2D eigenvalue weighted by Gasteiger charge is -2.37. The molecule has 0 bridgehead atoms. The summed E-state index contributed by atoms with van der Waals surface area (Å²) in [6.07, 6.45) is 3.60. The van der Waals surface area contributed by atoms with Crippen molar-refractivity contribution in [3.8, 4) is 0 Å². The van der Waals surface area contributed by atoms with Crippen molar-refractivity contribution in [2.24, 2.45) is 5.92 Å². The van der Waals surface area contributed by atoms with E-state index in [4.69, 9.17) is 0 Å². The van der Waals surface area contributed by atoms with Gasteiger partial charge in [0.25, 0.3) is 10.0 Å². The summed E-state index contributed by atoms with van der Waals surface area (Å²) in [5.74, 6) is 0.565. The highest BCUT2D eigenvalue weighted by atomic mass is 32.2. The van der Waals surface area contributed by atoms with Crippen molar-refractivity contribution < 1.29 is 18.0 Å². The molecule has 2 fully saturated rings. The van der Waals surface area contributed by atoms with E-state index in [9.17, 15) is 18.0 Å². The molecule has 2 aromatic heterocycles. The molecule has 0 spiro atoms. The maximum absolute atomic E-state index is 13.3. The van der Waals surface area contributed by atoms with Crippen LogP contribution in [0.4, 0.5) is 5.82 Å². The Hall–Kier alpha value is -2.50. The highest BCUT2D eigenvalue weighted by Gasteiger charge is 2.30. The van der Waals surface area contributed by atoms with Crippen molar-refractivity contribution in [3.05, 3.63) is 41.9 Å². The first kappa shape index (κ1) is 24.6. The van der Waals surface area contributed by atoms with Crippen molar-refractivity contribution in [1.82, 2.24) is 19.5 Å². The Kier molecular flexibility index (Phi) is 8.17. The molecule has 0 radical (unpaired) electrons. The fourth-order valence-electron chi connectivity index (χ4n) is 4.45. The molecule has 2 aromatic rings. The molecule has 0 saturated carbocycles. The number of anilines is 1. The molecule has 4 rings (SSSR count). The summed E-state index contributed by atoms with van der Waals surface area (Å²) in [6.45, 7) is 3.54. The summed E-state index contributed by atoms with van der Waals surface area (Å²) in [4.78, 5) is 34.1. The van der Waals surface area contributed by atoms with E-state index in [1.54, 1.807) is 23.7 Å². The summed E-state index contributed by atoms with van der Waals surface area (Å²) in [5, 5.41) is 4.59. The molecule has 9 nitrogen and oxygen atoms in total. The van der Waals surface area contributed by atoms with Gasteiger partial charge < -0.3 is 15.1 Å². The summed E-state index contributed by atoms with van der Waals surface area (Å²) >= 11 is 1.17. The number of hydrogen-bond donors (Lipinski definition) is 1. The lowest BCUT2D eigenvalue weighted by molar-refractivity contribution is -0.136. The molecule has 2 amide bonds. The van der Waals surface area contributed by atoms with Crippen LogP contribution in [0, 0.1) is 5.92 Å². The van der Waals surface area contributed by atoms with Crippen molar-refractivity contribution in [3.63, 3.8) is 0 Å². The smallest absolute Gasteiger partial charge is 0.252 e. The summed E-state index contributed by atoms with van der Waals surface area (Å²) in [6, 6.07) is 9.11. The number of pyridine rings is 1. The first-order valence-electron chi connectivity index (χ1n) is 11.7. The SMILES string of the molecule is O=C1CCN(S(=O)(=O)c2cccs2)CCCC(C(=O)N2CCN(c3ccccn3)CC2)CCN1. The van der Waals surface area contributed by atoms with Gasteiger partial charge in [0.05, 0.1) is 0 Å². The van der Waals surface area contributed by atoms with Gasteiger partial charge in [-0.3, -0.25) is 9.59 Å². The lowest BCUT2D eigenvalue weighted by Crippen LogP contribution is -2.51. The van der Waals surface area contributed by atoms with Crippen LogP contribution in [0.1, 0.15) is 25.7 Å². The van der Waals surface area contributed by atoms with E-state index < -0.39 is 10.0 Å².